The van der Waals surface area contributed by atoms with Gasteiger partial charge in [0.05, 0.1) is 6.10 Å². The Bertz CT molecular complexity index is 178. The summed E-state index contributed by atoms with van der Waals surface area (Å²) >= 11 is 0. The zero-order chi connectivity index (χ0) is 8.97. The predicted molar refractivity (Wildman–Crippen MR) is 39.7 cm³/mol. The van der Waals surface area contributed by atoms with E-state index in [0.29, 0.717) is 19.4 Å². The van der Waals surface area contributed by atoms with E-state index < -0.39 is 6.61 Å². The lowest BCUT2D eigenvalue weighted by molar-refractivity contribution is -0.160. The van der Waals surface area contributed by atoms with E-state index in [1.54, 1.807) is 0 Å². The molecule has 1 saturated carbocycles. The van der Waals surface area contributed by atoms with E-state index in [4.69, 9.17) is 6.57 Å². The van der Waals surface area contributed by atoms with Crippen LogP contribution in [0.3, 0.4) is 0 Å². The van der Waals surface area contributed by atoms with Crippen molar-refractivity contribution < 1.29 is 13.5 Å². The van der Waals surface area contributed by atoms with Crippen LogP contribution in [-0.2, 0) is 4.74 Å². The van der Waals surface area contributed by atoms with Crippen LogP contribution in [0.2, 0.25) is 0 Å². The van der Waals surface area contributed by atoms with Gasteiger partial charge in [-0.2, -0.15) is 8.78 Å². The Kier molecular flexibility index (Phi) is 3.42. The van der Waals surface area contributed by atoms with Gasteiger partial charge in [-0.05, 0) is 19.3 Å². The van der Waals surface area contributed by atoms with Crippen molar-refractivity contribution in [1.29, 1.82) is 0 Å². The summed E-state index contributed by atoms with van der Waals surface area (Å²) in [5, 5.41) is 0. The maximum Gasteiger partial charge on any atom is 0.345 e. The lowest BCUT2D eigenvalue weighted by Crippen LogP contribution is -2.13. The van der Waals surface area contributed by atoms with Crippen LogP contribution >= 0.6 is 0 Å². The Morgan fingerprint density at radius 2 is 2.25 bits per heavy atom. The number of halogens is 2. The van der Waals surface area contributed by atoms with Gasteiger partial charge in [-0.3, -0.25) is 0 Å². The Morgan fingerprint density at radius 1 is 1.50 bits per heavy atom. The first-order chi connectivity index (χ1) is 5.72. The zero-order valence-electron chi connectivity index (χ0n) is 6.67. The van der Waals surface area contributed by atoms with E-state index >= 15 is 0 Å². The highest BCUT2D eigenvalue weighted by Gasteiger charge is 2.28. The average molecular weight is 175 g/mol. The van der Waals surface area contributed by atoms with Crippen LogP contribution in [0.25, 0.3) is 4.85 Å². The highest BCUT2D eigenvalue weighted by atomic mass is 19.3. The van der Waals surface area contributed by atoms with Gasteiger partial charge >= 0.3 is 6.61 Å². The Balaban J connectivity index is 2.22. The summed E-state index contributed by atoms with van der Waals surface area (Å²) in [5.74, 6) is 0.270. The smallest absolute Gasteiger partial charge is 0.320 e. The molecule has 0 aromatic carbocycles. The van der Waals surface area contributed by atoms with Gasteiger partial charge in [0.15, 0.2) is 0 Å². The molecule has 0 amide bonds. The first-order valence-electron chi connectivity index (χ1n) is 3.99. The molecule has 2 nitrogen and oxygen atoms in total. The van der Waals surface area contributed by atoms with E-state index in [9.17, 15) is 8.78 Å². The molecule has 4 heteroatoms. The standard InChI is InChI=1S/C8H11F2NO/c1-11-5-6-2-3-7(4-6)12-8(9)10/h6-8H,2-5H2. The summed E-state index contributed by atoms with van der Waals surface area (Å²) in [6.45, 7) is 4.39. The minimum Gasteiger partial charge on any atom is -0.320 e. The number of rotatable bonds is 3. The van der Waals surface area contributed by atoms with Crippen molar-refractivity contribution in [3.63, 3.8) is 0 Å². The van der Waals surface area contributed by atoms with Crippen LogP contribution in [-0.4, -0.2) is 19.3 Å². The van der Waals surface area contributed by atoms with E-state index in [2.05, 4.69) is 9.58 Å². The molecule has 1 fully saturated rings. The second kappa shape index (κ2) is 4.36. The molecule has 0 spiro atoms. The molecular formula is C8H11F2NO. The molecule has 1 aliphatic rings. The van der Waals surface area contributed by atoms with Crippen LogP contribution in [0.15, 0.2) is 0 Å². The van der Waals surface area contributed by atoms with E-state index in [-0.39, 0.29) is 12.0 Å². The monoisotopic (exact) mass is 175 g/mol. The third kappa shape index (κ3) is 2.74. The van der Waals surface area contributed by atoms with Crippen molar-refractivity contribution in [2.75, 3.05) is 6.54 Å². The molecule has 0 heterocycles. The minimum absolute atomic E-state index is 0.270. The fraction of sp³-hybridized carbons (Fsp3) is 0.875. The fourth-order valence-corrected chi connectivity index (χ4v) is 1.59. The van der Waals surface area contributed by atoms with Crippen LogP contribution in [0.4, 0.5) is 8.78 Å². The van der Waals surface area contributed by atoms with Crippen LogP contribution in [0, 0.1) is 12.5 Å². The quantitative estimate of drug-likeness (QED) is 0.600. The first-order valence-corrected chi connectivity index (χ1v) is 3.99. The van der Waals surface area contributed by atoms with Gasteiger partial charge in [-0.25, -0.2) is 6.57 Å². The van der Waals surface area contributed by atoms with Crippen LogP contribution in [0.1, 0.15) is 19.3 Å². The zero-order valence-corrected chi connectivity index (χ0v) is 6.67. The molecule has 1 rings (SSSR count). The number of hydrogen-bond acceptors (Lipinski definition) is 1. The Morgan fingerprint density at radius 3 is 2.83 bits per heavy atom. The van der Waals surface area contributed by atoms with Crippen LogP contribution in [0.5, 0.6) is 0 Å². The number of ether oxygens (including phenoxy) is 1. The molecule has 1 aliphatic carbocycles. The van der Waals surface area contributed by atoms with Crippen molar-refractivity contribution in [2.45, 2.75) is 32.0 Å². The molecule has 68 valence electrons. The fourth-order valence-electron chi connectivity index (χ4n) is 1.59. The summed E-state index contributed by atoms with van der Waals surface area (Å²) in [6, 6.07) is 0. The summed E-state index contributed by atoms with van der Waals surface area (Å²) < 4.78 is 27.8. The van der Waals surface area contributed by atoms with Crippen molar-refractivity contribution in [2.24, 2.45) is 5.92 Å². The normalized spacial score (nSPS) is 29.2. The second-order valence-electron chi connectivity index (χ2n) is 3.04. The van der Waals surface area contributed by atoms with Crippen molar-refractivity contribution in [3.8, 4) is 0 Å². The maximum atomic E-state index is 11.7. The SMILES string of the molecule is [C-]#[N+]CC1CCC(OC(F)F)C1. The van der Waals surface area contributed by atoms with Crippen molar-refractivity contribution in [1.82, 2.24) is 0 Å². The van der Waals surface area contributed by atoms with Gasteiger partial charge in [0, 0.05) is 5.92 Å². The maximum absolute atomic E-state index is 11.7. The lowest BCUT2D eigenvalue weighted by atomic mass is 10.1. The third-order valence-electron chi connectivity index (χ3n) is 2.14. The van der Waals surface area contributed by atoms with Gasteiger partial charge in [0.25, 0.3) is 0 Å². The predicted octanol–water partition coefficient (Wildman–Crippen LogP) is 2.31. The molecule has 0 radical (unpaired) electrons. The van der Waals surface area contributed by atoms with Gasteiger partial charge in [-0.15, -0.1) is 0 Å². The van der Waals surface area contributed by atoms with Gasteiger partial charge in [0.1, 0.15) is 0 Å². The van der Waals surface area contributed by atoms with E-state index in [1.165, 1.54) is 0 Å². The van der Waals surface area contributed by atoms with E-state index in [0.717, 1.165) is 6.42 Å². The lowest BCUT2D eigenvalue weighted by Gasteiger charge is -2.09. The molecule has 12 heavy (non-hydrogen) atoms. The molecular weight excluding hydrogens is 164 g/mol. The summed E-state index contributed by atoms with van der Waals surface area (Å²) in [6.07, 6.45) is 1.81. The van der Waals surface area contributed by atoms with Gasteiger partial charge in [0.2, 0.25) is 6.54 Å². The summed E-state index contributed by atoms with van der Waals surface area (Å²) in [7, 11) is 0. The number of nitrogens with zero attached hydrogens (tertiary/aromatic N) is 1. The summed E-state index contributed by atoms with van der Waals surface area (Å²) in [5.41, 5.74) is 0. The second-order valence-corrected chi connectivity index (χ2v) is 3.04. The molecule has 2 unspecified atom stereocenters. The average Bonchev–Trinajstić information content (AvgIpc) is 2.36. The van der Waals surface area contributed by atoms with Crippen molar-refractivity contribution >= 4 is 0 Å². The Hall–Kier alpha value is -0.690. The topological polar surface area (TPSA) is 13.6 Å². The largest absolute Gasteiger partial charge is 0.345 e. The molecule has 0 bridgehead atoms. The molecule has 2 atom stereocenters. The van der Waals surface area contributed by atoms with Gasteiger partial charge < -0.3 is 9.58 Å². The van der Waals surface area contributed by atoms with Crippen molar-refractivity contribution in [3.05, 3.63) is 11.4 Å². The number of alkyl halides is 2. The highest BCUT2D eigenvalue weighted by Crippen LogP contribution is 2.29. The molecule has 0 aliphatic heterocycles. The van der Waals surface area contributed by atoms with Crippen LogP contribution < -0.4 is 0 Å². The molecule has 0 aromatic heterocycles. The Labute approximate surface area is 70.3 Å². The third-order valence-corrected chi connectivity index (χ3v) is 2.14. The number of hydrogen-bond donors (Lipinski definition) is 0. The summed E-state index contributed by atoms with van der Waals surface area (Å²) in [4.78, 5) is 3.24. The highest BCUT2D eigenvalue weighted by molar-refractivity contribution is 4.81. The molecule has 0 saturated heterocycles. The first kappa shape index (κ1) is 9.40. The minimum atomic E-state index is -2.67. The molecule has 0 N–H and O–H groups in total. The molecule has 0 aromatic rings. The van der Waals surface area contributed by atoms with Gasteiger partial charge in [-0.1, -0.05) is 0 Å². The van der Waals surface area contributed by atoms with E-state index in [1.807, 2.05) is 0 Å².